The van der Waals surface area contributed by atoms with E-state index in [1.54, 1.807) is 24.4 Å². The molecule has 4 aromatic rings. The second kappa shape index (κ2) is 14.0. The second-order valence-corrected chi connectivity index (χ2v) is 13.8. The molecule has 1 aliphatic rings. The number of hydrogen-bond acceptors (Lipinski definition) is 8. The molecular weight excluding hydrogens is 597 g/mol. The van der Waals surface area contributed by atoms with E-state index < -0.39 is 17.7 Å². The number of hydrogen-bond donors (Lipinski definition) is 2. The lowest BCUT2D eigenvalue weighted by Gasteiger charge is -2.41. The first-order valence-corrected chi connectivity index (χ1v) is 16.0. The summed E-state index contributed by atoms with van der Waals surface area (Å²) in [6.45, 7) is 13.9. The SMILES string of the molecule is Cc1nc(Nc2ccncn2)c(-c2ccc(OCCc3ccc(F)cc3)cc2)c(N2CCC(C)(C)CC2)c1C(OC(C)(C)C)C(=O)O. The molecule has 2 N–H and O–H groups in total. The Morgan fingerprint density at radius 2 is 1.74 bits per heavy atom. The lowest BCUT2D eigenvalue weighted by molar-refractivity contribution is -0.160. The van der Waals surface area contributed by atoms with E-state index in [4.69, 9.17) is 14.5 Å². The van der Waals surface area contributed by atoms with Crippen LogP contribution in [0.25, 0.3) is 11.1 Å². The number of anilines is 3. The highest BCUT2D eigenvalue weighted by Gasteiger charge is 2.37. The summed E-state index contributed by atoms with van der Waals surface area (Å²) in [4.78, 5) is 28.6. The number of nitrogens with zero attached hydrogens (tertiary/aromatic N) is 4. The number of nitrogens with one attached hydrogen (secondary N) is 1. The van der Waals surface area contributed by atoms with Crippen molar-refractivity contribution in [2.24, 2.45) is 5.41 Å². The van der Waals surface area contributed by atoms with Crippen molar-refractivity contribution in [1.82, 2.24) is 15.0 Å². The minimum Gasteiger partial charge on any atom is -0.493 e. The predicted octanol–water partition coefficient (Wildman–Crippen LogP) is 7.92. The van der Waals surface area contributed by atoms with Crippen LogP contribution < -0.4 is 15.0 Å². The van der Waals surface area contributed by atoms with Crippen LogP contribution in [-0.2, 0) is 16.0 Å². The van der Waals surface area contributed by atoms with Crippen LogP contribution in [0.15, 0.2) is 67.1 Å². The maximum atomic E-state index is 13.3. The van der Waals surface area contributed by atoms with Crippen LogP contribution in [0, 0.1) is 18.2 Å². The molecule has 2 aromatic carbocycles. The number of piperidine rings is 1. The van der Waals surface area contributed by atoms with Gasteiger partial charge in [-0.05, 0) is 87.4 Å². The quantitative estimate of drug-likeness (QED) is 0.169. The van der Waals surface area contributed by atoms with E-state index in [-0.39, 0.29) is 11.2 Å². The Balaban J connectivity index is 1.61. The zero-order chi connectivity index (χ0) is 33.8. The summed E-state index contributed by atoms with van der Waals surface area (Å²) < 4.78 is 25.6. The highest BCUT2D eigenvalue weighted by Crippen LogP contribution is 2.47. The van der Waals surface area contributed by atoms with Crippen molar-refractivity contribution in [3.63, 3.8) is 0 Å². The van der Waals surface area contributed by atoms with Crippen molar-refractivity contribution in [3.8, 4) is 16.9 Å². The van der Waals surface area contributed by atoms with E-state index in [1.165, 1.54) is 18.5 Å². The van der Waals surface area contributed by atoms with Gasteiger partial charge in [0.05, 0.1) is 17.9 Å². The van der Waals surface area contributed by atoms with Gasteiger partial charge in [0.2, 0.25) is 0 Å². The van der Waals surface area contributed by atoms with Crippen molar-refractivity contribution >= 4 is 23.3 Å². The molecule has 9 nitrogen and oxygen atoms in total. The standard InChI is InChI=1S/C37H44FN5O4/c1-24-30(33(35(44)45)47-36(2,3)4)32(43-20-17-37(5,6)18-21-43)31(34(41-24)42-29-15-19-39-23-40-29)26-9-13-28(14-10-26)46-22-16-25-7-11-27(38)12-8-25/h7-15,19,23,33H,16-18,20-22H2,1-6H3,(H,44,45)(H,39,40,41,42). The molecule has 1 unspecified atom stereocenters. The first-order valence-electron chi connectivity index (χ1n) is 16.0. The first kappa shape index (κ1) is 33.8. The van der Waals surface area contributed by atoms with E-state index in [1.807, 2.05) is 52.0 Å². The number of aryl methyl sites for hydroxylation is 1. The molecule has 10 heteroatoms. The number of aliphatic carboxylic acids is 1. The van der Waals surface area contributed by atoms with E-state index in [2.05, 4.69) is 34.0 Å². The van der Waals surface area contributed by atoms with Gasteiger partial charge >= 0.3 is 5.97 Å². The maximum absolute atomic E-state index is 13.3. The molecular formula is C37H44FN5O4. The van der Waals surface area contributed by atoms with Crippen LogP contribution in [0.5, 0.6) is 5.75 Å². The van der Waals surface area contributed by atoms with Crippen LogP contribution in [0.1, 0.15) is 70.4 Å². The smallest absolute Gasteiger partial charge is 0.337 e. The van der Waals surface area contributed by atoms with Gasteiger partial charge in [0.1, 0.15) is 29.5 Å². The number of benzene rings is 2. The molecule has 0 spiro atoms. The summed E-state index contributed by atoms with van der Waals surface area (Å²) in [5, 5.41) is 13.9. The number of ether oxygens (including phenoxy) is 2. The number of aromatic nitrogens is 3. The Morgan fingerprint density at radius 1 is 1.06 bits per heavy atom. The number of halogens is 1. The lowest BCUT2D eigenvalue weighted by Crippen LogP contribution is -2.39. The van der Waals surface area contributed by atoms with Gasteiger partial charge in [-0.15, -0.1) is 0 Å². The molecule has 2 aromatic heterocycles. The minimum atomic E-state index is -1.24. The molecule has 1 aliphatic heterocycles. The van der Waals surface area contributed by atoms with Crippen LogP contribution in [0.2, 0.25) is 0 Å². The summed E-state index contributed by atoms with van der Waals surface area (Å²) in [7, 11) is 0. The summed E-state index contributed by atoms with van der Waals surface area (Å²) >= 11 is 0. The highest BCUT2D eigenvalue weighted by atomic mass is 19.1. The monoisotopic (exact) mass is 641 g/mol. The Kier molecular flexibility index (Phi) is 10.1. The van der Waals surface area contributed by atoms with E-state index in [0.717, 1.165) is 48.3 Å². The van der Waals surface area contributed by atoms with E-state index >= 15 is 0 Å². The largest absolute Gasteiger partial charge is 0.493 e. The zero-order valence-electron chi connectivity index (χ0n) is 28.0. The molecule has 0 bridgehead atoms. The van der Waals surface area contributed by atoms with Gasteiger partial charge in [-0.2, -0.15) is 0 Å². The number of carboxylic acid groups (broad SMARTS) is 1. The van der Waals surface area contributed by atoms with Crippen LogP contribution >= 0.6 is 0 Å². The van der Waals surface area contributed by atoms with Crippen molar-refractivity contribution in [2.75, 3.05) is 29.9 Å². The van der Waals surface area contributed by atoms with Crippen LogP contribution in [0.3, 0.4) is 0 Å². The van der Waals surface area contributed by atoms with Gasteiger partial charge in [-0.1, -0.05) is 38.1 Å². The third-order valence-corrected chi connectivity index (χ3v) is 8.33. The lowest BCUT2D eigenvalue weighted by atomic mass is 9.82. The number of rotatable bonds is 11. The fourth-order valence-corrected chi connectivity index (χ4v) is 5.77. The summed E-state index contributed by atoms with van der Waals surface area (Å²) in [6.07, 6.45) is 4.40. The molecule has 1 atom stereocenters. The summed E-state index contributed by atoms with van der Waals surface area (Å²) in [5.74, 6) is 0.459. The third kappa shape index (κ3) is 8.62. The van der Waals surface area contributed by atoms with Gasteiger partial charge in [-0.3, -0.25) is 0 Å². The average molecular weight is 642 g/mol. The zero-order valence-corrected chi connectivity index (χ0v) is 28.0. The Bertz CT molecular complexity index is 1660. The van der Waals surface area contributed by atoms with Gasteiger partial charge in [-0.25, -0.2) is 24.1 Å². The molecule has 0 saturated carbocycles. The van der Waals surface area contributed by atoms with Gasteiger partial charge < -0.3 is 24.8 Å². The normalized spacial score (nSPS) is 15.3. The van der Waals surface area contributed by atoms with Crippen molar-refractivity contribution < 1.29 is 23.8 Å². The Morgan fingerprint density at radius 3 is 2.34 bits per heavy atom. The topological polar surface area (TPSA) is 110 Å². The molecule has 47 heavy (non-hydrogen) atoms. The molecule has 1 fully saturated rings. The predicted molar refractivity (Wildman–Crippen MR) is 182 cm³/mol. The maximum Gasteiger partial charge on any atom is 0.337 e. The highest BCUT2D eigenvalue weighted by molar-refractivity contribution is 5.93. The number of pyridine rings is 1. The molecule has 0 radical (unpaired) electrons. The fourth-order valence-electron chi connectivity index (χ4n) is 5.77. The first-order chi connectivity index (χ1) is 22.3. The molecule has 0 amide bonds. The van der Waals surface area contributed by atoms with Crippen molar-refractivity contribution in [3.05, 3.63) is 89.8 Å². The fraction of sp³-hybridized carbons (Fsp3) is 0.405. The molecule has 3 heterocycles. The van der Waals surface area contributed by atoms with Crippen LogP contribution in [0.4, 0.5) is 21.7 Å². The molecule has 248 valence electrons. The van der Waals surface area contributed by atoms with Gasteiger partial charge in [0.25, 0.3) is 0 Å². The third-order valence-electron chi connectivity index (χ3n) is 8.33. The second-order valence-electron chi connectivity index (χ2n) is 13.8. The summed E-state index contributed by atoms with van der Waals surface area (Å²) in [6, 6.07) is 15.9. The van der Waals surface area contributed by atoms with Crippen LogP contribution in [-0.4, -0.2) is 51.3 Å². The number of carboxylic acids is 1. The van der Waals surface area contributed by atoms with Crippen molar-refractivity contribution in [1.29, 1.82) is 0 Å². The van der Waals surface area contributed by atoms with Gasteiger partial charge in [0.15, 0.2) is 6.10 Å². The van der Waals surface area contributed by atoms with E-state index in [9.17, 15) is 14.3 Å². The summed E-state index contributed by atoms with van der Waals surface area (Å²) in [5.41, 5.74) is 3.90. The van der Waals surface area contributed by atoms with Crippen molar-refractivity contribution in [2.45, 2.75) is 72.5 Å². The average Bonchev–Trinajstić information content (AvgIpc) is 3.01. The Hall–Kier alpha value is -4.57. The Labute approximate surface area is 276 Å². The molecule has 1 saturated heterocycles. The van der Waals surface area contributed by atoms with E-state index in [0.29, 0.717) is 41.7 Å². The number of carbonyl (C=O) groups is 1. The van der Waals surface area contributed by atoms with Gasteiger partial charge in [0, 0.05) is 42.5 Å². The minimum absolute atomic E-state index is 0.169. The molecule has 5 rings (SSSR count). The molecule has 0 aliphatic carbocycles.